The van der Waals surface area contributed by atoms with Crippen LogP contribution >= 0.6 is 0 Å². The van der Waals surface area contributed by atoms with Gasteiger partial charge in [0.2, 0.25) is 0 Å². The molecule has 6 aromatic carbocycles. The summed E-state index contributed by atoms with van der Waals surface area (Å²) in [6.07, 6.45) is 1.30. The maximum absolute atomic E-state index is 12.2. The highest BCUT2D eigenvalue weighted by Gasteiger charge is 2.28. The standard InChI is InChI=1S/C52H49N3O/c1-33-32-53-47(34(2)46(33)36-21-14-10-15-22-36)39-28-37(35-19-12-9-13-20-35)27-38(29-39)42-25-18-26-45-48(42)54-50(55(45)41-23-16-11-17-24-41)43-30-40(51(3,4)5)31-44(49(43)56)52(6,7)8/h9-32,56H,1-8H3/i1D3,2D3. The highest BCUT2D eigenvalue weighted by Crippen LogP contribution is 2.45. The zero-order valence-corrected chi connectivity index (χ0v) is 32.6. The Balaban J connectivity index is 1.46. The molecule has 0 atom stereocenters. The summed E-state index contributed by atoms with van der Waals surface area (Å²) in [5, 5.41) is 12.2. The number of pyridine rings is 1. The minimum absolute atomic E-state index is 0.127. The predicted octanol–water partition coefficient (Wildman–Crippen LogP) is 13.7. The minimum Gasteiger partial charge on any atom is -0.507 e. The molecule has 0 radical (unpaired) electrons. The van der Waals surface area contributed by atoms with Crippen molar-refractivity contribution >= 4 is 11.0 Å². The van der Waals surface area contributed by atoms with E-state index in [1.807, 2.05) is 103 Å². The first-order chi connectivity index (χ1) is 29.2. The van der Waals surface area contributed by atoms with Crippen molar-refractivity contribution < 1.29 is 13.3 Å². The third kappa shape index (κ3) is 6.70. The molecule has 0 bridgehead atoms. The van der Waals surface area contributed by atoms with Crippen LogP contribution in [-0.2, 0) is 10.8 Å². The van der Waals surface area contributed by atoms with E-state index in [2.05, 4.69) is 58.2 Å². The smallest absolute Gasteiger partial charge is 0.149 e. The number of imidazole rings is 1. The van der Waals surface area contributed by atoms with Crippen LogP contribution in [0.5, 0.6) is 5.75 Å². The number of aromatic nitrogens is 3. The summed E-state index contributed by atoms with van der Waals surface area (Å²) >= 11 is 0. The van der Waals surface area contributed by atoms with Gasteiger partial charge in [-0.05, 0) is 112 Å². The van der Waals surface area contributed by atoms with Gasteiger partial charge in [-0.15, -0.1) is 0 Å². The van der Waals surface area contributed by atoms with Gasteiger partial charge in [-0.25, -0.2) is 4.98 Å². The number of aromatic hydroxyl groups is 1. The maximum atomic E-state index is 12.2. The number of benzene rings is 6. The first kappa shape index (κ1) is 30.0. The van der Waals surface area contributed by atoms with Crippen LogP contribution in [-0.4, -0.2) is 19.6 Å². The van der Waals surface area contributed by atoms with Crippen molar-refractivity contribution in [3.05, 3.63) is 168 Å². The summed E-state index contributed by atoms with van der Waals surface area (Å²) in [6.45, 7) is 7.41. The summed E-state index contributed by atoms with van der Waals surface area (Å²) in [5.74, 6) is 0.747. The second-order valence-corrected chi connectivity index (χ2v) is 16.5. The van der Waals surface area contributed by atoms with Crippen LogP contribution in [0.15, 0.2) is 146 Å². The van der Waals surface area contributed by atoms with Crippen molar-refractivity contribution in [3.8, 4) is 67.5 Å². The van der Waals surface area contributed by atoms with Crippen molar-refractivity contribution in [2.24, 2.45) is 0 Å². The lowest BCUT2D eigenvalue weighted by Crippen LogP contribution is -2.17. The van der Waals surface area contributed by atoms with E-state index in [1.165, 1.54) is 6.20 Å². The molecular formula is C52H49N3O. The predicted molar refractivity (Wildman–Crippen MR) is 235 cm³/mol. The van der Waals surface area contributed by atoms with Crippen LogP contribution in [0.25, 0.3) is 72.7 Å². The quantitative estimate of drug-likeness (QED) is 0.185. The summed E-state index contributed by atoms with van der Waals surface area (Å²) in [5.41, 5.74) is 8.50. The van der Waals surface area contributed by atoms with Gasteiger partial charge in [0, 0.05) is 36.8 Å². The number of phenols is 1. The van der Waals surface area contributed by atoms with Gasteiger partial charge in [0.15, 0.2) is 0 Å². The van der Waals surface area contributed by atoms with Gasteiger partial charge in [0.1, 0.15) is 11.6 Å². The molecule has 8 aromatic rings. The Morgan fingerprint density at radius 2 is 1.23 bits per heavy atom. The number of rotatable bonds is 6. The van der Waals surface area contributed by atoms with E-state index >= 15 is 0 Å². The van der Waals surface area contributed by atoms with Crippen molar-refractivity contribution in [1.82, 2.24) is 14.5 Å². The lowest BCUT2D eigenvalue weighted by Gasteiger charge is -2.27. The lowest BCUT2D eigenvalue weighted by atomic mass is 9.79. The molecule has 278 valence electrons. The fraction of sp³-hybridized carbons (Fsp3) is 0.192. The zero-order valence-electron chi connectivity index (χ0n) is 38.6. The van der Waals surface area contributed by atoms with Crippen LogP contribution in [0, 0.1) is 13.7 Å². The molecule has 0 unspecified atom stereocenters. The molecule has 8 rings (SSSR count). The SMILES string of the molecule is [2H]C([2H])([2H])c1cnc(-c2cc(-c3ccccc3)cc(-c3cccc4c3nc(-c3cc(C(C)(C)C)cc(C(C)(C)C)c3O)n4-c3ccccc3)c2)c(C([2H])([2H])[2H])c1-c1ccccc1. The molecule has 0 saturated carbocycles. The van der Waals surface area contributed by atoms with E-state index in [9.17, 15) is 5.11 Å². The monoisotopic (exact) mass is 737 g/mol. The molecule has 1 N–H and O–H groups in total. The highest BCUT2D eigenvalue weighted by molar-refractivity contribution is 5.98. The average molecular weight is 738 g/mol. The second kappa shape index (κ2) is 14.1. The van der Waals surface area contributed by atoms with Gasteiger partial charge in [0.25, 0.3) is 0 Å². The fourth-order valence-electron chi connectivity index (χ4n) is 7.51. The van der Waals surface area contributed by atoms with Gasteiger partial charge in [0.05, 0.1) is 22.3 Å². The number of hydrogen-bond acceptors (Lipinski definition) is 3. The van der Waals surface area contributed by atoms with Crippen LogP contribution in [0.3, 0.4) is 0 Å². The molecule has 0 amide bonds. The second-order valence-electron chi connectivity index (χ2n) is 16.5. The molecule has 2 heterocycles. The van der Waals surface area contributed by atoms with Gasteiger partial charge < -0.3 is 5.11 Å². The minimum atomic E-state index is -2.74. The molecule has 4 nitrogen and oxygen atoms in total. The van der Waals surface area contributed by atoms with E-state index in [0.717, 1.165) is 44.6 Å². The van der Waals surface area contributed by atoms with E-state index in [1.54, 1.807) is 24.3 Å². The van der Waals surface area contributed by atoms with E-state index in [4.69, 9.17) is 18.2 Å². The van der Waals surface area contributed by atoms with Gasteiger partial charge >= 0.3 is 0 Å². The van der Waals surface area contributed by atoms with Gasteiger partial charge in [-0.2, -0.15) is 0 Å². The van der Waals surface area contributed by atoms with E-state index in [0.29, 0.717) is 28.0 Å². The number of fused-ring (bicyclic) bond motifs is 1. The molecule has 0 fully saturated rings. The maximum Gasteiger partial charge on any atom is 0.149 e. The van der Waals surface area contributed by atoms with Gasteiger partial charge in [-0.3, -0.25) is 9.55 Å². The van der Waals surface area contributed by atoms with Crippen LogP contribution in [0.1, 0.15) is 72.0 Å². The van der Waals surface area contributed by atoms with Crippen LogP contribution in [0.4, 0.5) is 0 Å². The third-order valence-corrected chi connectivity index (χ3v) is 10.5. The molecule has 0 aliphatic heterocycles. The van der Waals surface area contributed by atoms with Crippen molar-refractivity contribution in [1.29, 1.82) is 0 Å². The van der Waals surface area contributed by atoms with E-state index in [-0.39, 0.29) is 39.0 Å². The largest absolute Gasteiger partial charge is 0.507 e. The Morgan fingerprint density at radius 1 is 0.589 bits per heavy atom. The van der Waals surface area contributed by atoms with Crippen molar-refractivity contribution in [2.75, 3.05) is 0 Å². The molecule has 4 heteroatoms. The topological polar surface area (TPSA) is 50.9 Å². The Kier molecular flexibility index (Phi) is 7.56. The fourth-order valence-corrected chi connectivity index (χ4v) is 7.51. The molecule has 0 saturated heterocycles. The lowest BCUT2D eigenvalue weighted by molar-refractivity contribution is 0.446. The summed E-state index contributed by atoms with van der Waals surface area (Å²) in [4.78, 5) is 10.1. The first-order valence-corrected chi connectivity index (χ1v) is 19.0. The number of nitrogens with zero attached hydrogens (tertiary/aromatic N) is 3. The Hall–Kier alpha value is -6.26. The molecule has 0 aliphatic rings. The number of phenolic OH excluding ortho intramolecular Hbond substituents is 1. The normalized spacial score (nSPS) is 14.0. The zero-order chi connectivity index (χ0) is 44.4. The third-order valence-electron chi connectivity index (χ3n) is 10.5. The van der Waals surface area contributed by atoms with Crippen molar-refractivity contribution in [2.45, 2.75) is 66.1 Å². The summed E-state index contributed by atoms with van der Waals surface area (Å²) in [7, 11) is 0. The Bertz CT molecular complexity index is 2940. The molecule has 0 spiro atoms. The molecule has 2 aromatic heterocycles. The number of hydrogen-bond donors (Lipinski definition) is 1. The number of aryl methyl sites for hydroxylation is 1. The first-order valence-electron chi connectivity index (χ1n) is 22.0. The molecule has 56 heavy (non-hydrogen) atoms. The number of para-hydroxylation sites is 2. The molecular weight excluding hydrogens is 683 g/mol. The highest BCUT2D eigenvalue weighted by atomic mass is 16.3. The van der Waals surface area contributed by atoms with E-state index < -0.39 is 13.7 Å². The van der Waals surface area contributed by atoms with Crippen molar-refractivity contribution in [3.63, 3.8) is 0 Å². The summed E-state index contributed by atoms with van der Waals surface area (Å²) < 4.78 is 54.1. The van der Waals surface area contributed by atoms with Crippen LogP contribution in [0.2, 0.25) is 0 Å². The van der Waals surface area contributed by atoms with Gasteiger partial charge in [-0.1, -0.05) is 139 Å². The average Bonchev–Trinajstić information content (AvgIpc) is 3.62. The van der Waals surface area contributed by atoms with Crippen LogP contribution < -0.4 is 0 Å². The Morgan fingerprint density at radius 3 is 1.88 bits per heavy atom. The molecule has 0 aliphatic carbocycles. The summed E-state index contributed by atoms with van der Waals surface area (Å²) in [6, 6.07) is 44.7. The Labute approximate surface area is 339 Å².